The first-order chi connectivity index (χ1) is 7.65. The number of carbonyl (C=O) groups excluding carboxylic acids is 1. The largest absolute Gasteiger partial charge is 0.461 e. The van der Waals surface area contributed by atoms with Crippen molar-refractivity contribution in [1.82, 2.24) is 4.57 Å². The molecule has 0 radical (unpaired) electrons. The third-order valence-electron chi connectivity index (χ3n) is 2.31. The van der Waals surface area contributed by atoms with E-state index in [9.17, 15) is 4.79 Å². The van der Waals surface area contributed by atoms with Crippen molar-refractivity contribution in [3.8, 4) is 0 Å². The van der Waals surface area contributed by atoms with Crippen molar-refractivity contribution in [2.45, 2.75) is 20.4 Å². The molecule has 0 saturated heterocycles. The fraction of sp³-hybridized carbons (Fsp3) is 0.308. The lowest BCUT2D eigenvalue weighted by molar-refractivity contribution is 0.0513. The second-order valence-electron chi connectivity index (χ2n) is 3.42. The molecule has 3 nitrogen and oxygen atoms in total. The standard InChI is InChI=1S/C13H17NO2/c1-5-8-14-11(6-2)9-10(4)12(14)13(15)16-7-3/h5-6,9H,1-2,7-8H2,3-4H3. The van der Waals surface area contributed by atoms with Gasteiger partial charge in [-0.3, -0.25) is 0 Å². The van der Waals surface area contributed by atoms with Crippen LogP contribution in [0, 0.1) is 6.92 Å². The molecule has 0 N–H and O–H groups in total. The summed E-state index contributed by atoms with van der Waals surface area (Å²) < 4.78 is 6.88. The SMILES string of the molecule is C=CCn1c(C=C)cc(C)c1C(=O)OCC. The first-order valence-corrected chi connectivity index (χ1v) is 5.26. The third-order valence-corrected chi connectivity index (χ3v) is 2.31. The highest BCUT2D eigenvalue weighted by Gasteiger charge is 2.17. The van der Waals surface area contributed by atoms with Crippen molar-refractivity contribution in [1.29, 1.82) is 0 Å². The number of nitrogens with zero attached hydrogens (tertiary/aromatic N) is 1. The molecule has 1 rings (SSSR count). The van der Waals surface area contributed by atoms with Crippen molar-refractivity contribution in [3.63, 3.8) is 0 Å². The first-order valence-electron chi connectivity index (χ1n) is 5.26. The number of hydrogen-bond acceptors (Lipinski definition) is 2. The average molecular weight is 219 g/mol. The van der Waals surface area contributed by atoms with Gasteiger partial charge in [0, 0.05) is 12.2 Å². The van der Waals surface area contributed by atoms with Gasteiger partial charge in [0.1, 0.15) is 5.69 Å². The molecule has 0 unspecified atom stereocenters. The Kier molecular flexibility index (Phi) is 4.11. The van der Waals surface area contributed by atoms with Crippen molar-refractivity contribution >= 4 is 12.0 Å². The molecule has 0 aromatic carbocycles. The first kappa shape index (κ1) is 12.3. The predicted molar refractivity (Wildman–Crippen MR) is 65.4 cm³/mol. The summed E-state index contributed by atoms with van der Waals surface area (Å²) in [7, 11) is 0. The fourth-order valence-corrected chi connectivity index (χ4v) is 1.68. The van der Waals surface area contributed by atoms with Gasteiger partial charge < -0.3 is 9.30 Å². The number of carbonyl (C=O) groups is 1. The van der Waals surface area contributed by atoms with Gasteiger partial charge >= 0.3 is 5.97 Å². The molecule has 0 fully saturated rings. The Labute approximate surface area is 96.0 Å². The Morgan fingerprint density at radius 3 is 2.75 bits per heavy atom. The molecule has 0 atom stereocenters. The van der Waals surface area contributed by atoms with Crippen molar-refractivity contribution < 1.29 is 9.53 Å². The van der Waals surface area contributed by atoms with Gasteiger partial charge in [0.15, 0.2) is 0 Å². The van der Waals surface area contributed by atoms with Gasteiger partial charge in [-0.05, 0) is 31.6 Å². The average Bonchev–Trinajstić information content (AvgIpc) is 2.56. The molecule has 0 spiro atoms. The molecule has 0 saturated carbocycles. The van der Waals surface area contributed by atoms with Crippen LogP contribution in [-0.4, -0.2) is 17.1 Å². The topological polar surface area (TPSA) is 31.2 Å². The molecule has 16 heavy (non-hydrogen) atoms. The molecular weight excluding hydrogens is 202 g/mol. The maximum Gasteiger partial charge on any atom is 0.355 e. The lowest BCUT2D eigenvalue weighted by Gasteiger charge is -2.09. The highest BCUT2D eigenvalue weighted by molar-refractivity contribution is 5.90. The lowest BCUT2D eigenvalue weighted by Crippen LogP contribution is -2.13. The summed E-state index contributed by atoms with van der Waals surface area (Å²) in [5.41, 5.74) is 2.38. The quantitative estimate of drug-likeness (QED) is 0.563. The van der Waals surface area contributed by atoms with Crippen molar-refractivity contribution in [2.75, 3.05) is 6.61 Å². The monoisotopic (exact) mass is 219 g/mol. The second-order valence-corrected chi connectivity index (χ2v) is 3.42. The van der Waals surface area contributed by atoms with Gasteiger partial charge in [0.2, 0.25) is 0 Å². The van der Waals surface area contributed by atoms with Crippen LogP contribution in [0.25, 0.3) is 6.08 Å². The summed E-state index contributed by atoms with van der Waals surface area (Å²) in [6.45, 7) is 12.0. The van der Waals surface area contributed by atoms with Gasteiger partial charge in [-0.25, -0.2) is 4.79 Å². The molecule has 0 amide bonds. The predicted octanol–water partition coefficient (Wildman–Crippen LogP) is 2.80. The van der Waals surface area contributed by atoms with Crippen LogP contribution in [0.4, 0.5) is 0 Å². The number of hydrogen-bond donors (Lipinski definition) is 0. The van der Waals surface area contributed by atoms with Crippen LogP contribution in [-0.2, 0) is 11.3 Å². The van der Waals surface area contributed by atoms with Gasteiger partial charge in [-0.2, -0.15) is 0 Å². The third kappa shape index (κ3) is 2.24. The smallest absolute Gasteiger partial charge is 0.355 e. The number of allylic oxidation sites excluding steroid dienone is 1. The summed E-state index contributed by atoms with van der Waals surface area (Å²) in [5.74, 6) is -0.296. The molecule has 0 aliphatic rings. The van der Waals surface area contributed by atoms with E-state index in [1.807, 2.05) is 17.6 Å². The van der Waals surface area contributed by atoms with E-state index in [-0.39, 0.29) is 5.97 Å². The van der Waals surface area contributed by atoms with E-state index in [2.05, 4.69) is 13.2 Å². The summed E-state index contributed by atoms with van der Waals surface area (Å²) >= 11 is 0. The van der Waals surface area contributed by atoms with E-state index in [0.29, 0.717) is 18.8 Å². The van der Waals surface area contributed by atoms with E-state index < -0.39 is 0 Å². The minimum absolute atomic E-state index is 0.296. The Morgan fingerprint density at radius 2 is 2.25 bits per heavy atom. The van der Waals surface area contributed by atoms with Gasteiger partial charge in [-0.15, -0.1) is 6.58 Å². The molecule has 3 heteroatoms. The number of esters is 1. The van der Waals surface area contributed by atoms with Crippen molar-refractivity contribution in [2.24, 2.45) is 0 Å². The molecule has 1 heterocycles. The lowest BCUT2D eigenvalue weighted by atomic mass is 10.2. The maximum atomic E-state index is 11.8. The number of aromatic nitrogens is 1. The molecule has 0 aliphatic heterocycles. The summed E-state index contributed by atoms with van der Waals surface area (Å²) in [4.78, 5) is 11.8. The van der Waals surface area contributed by atoms with Crippen LogP contribution < -0.4 is 0 Å². The molecule has 86 valence electrons. The summed E-state index contributed by atoms with van der Waals surface area (Å²) in [5, 5.41) is 0. The molecule has 0 aliphatic carbocycles. The van der Waals surface area contributed by atoms with Crippen molar-refractivity contribution in [3.05, 3.63) is 42.3 Å². The van der Waals surface area contributed by atoms with Crippen LogP contribution in [0.2, 0.25) is 0 Å². The van der Waals surface area contributed by atoms with E-state index in [1.165, 1.54) is 0 Å². The van der Waals surface area contributed by atoms with Gasteiger partial charge in [-0.1, -0.05) is 12.7 Å². The molecule has 1 aromatic heterocycles. The Morgan fingerprint density at radius 1 is 1.56 bits per heavy atom. The minimum Gasteiger partial charge on any atom is -0.461 e. The zero-order valence-corrected chi connectivity index (χ0v) is 9.82. The summed E-state index contributed by atoms with van der Waals surface area (Å²) in [6, 6.07) is 1.92. The van der Waals surface area contributed by atoms with Crippen LogP contribution in [0.1, 0.15) is 28.7 Å². The number of aryl methyl sites for hydroxylation is 1. The minimum atomic E-state index is -0.296. The fourth-order valence-electron chi connectivity index (χ4n) is 1.68. The Bertz CT molecular complexity index is 416. The van der Waals surface area contributed by atoms with E-state index >= 15 is 0 Å². The second kappa shape index (κ2) is 5.35. The molecule has 0 bridgehead atoms. The van der Waals surface area contributed by atoms with Crippen LogP contribution >= 0.6 is 0 Å². The van der Waals surface area contributed by atoms with E-state index in [4.69, 9.17) is 4.74 Å². The van der Waals surface area contributed by atoms with Gasteiger partial charge in [0.25, 0.3) is 0 Å². The van der Waals surface area contributed by atoms with Crippen LogP contribution in [0.5, 0.6) is 0 Å². The summed E-state index contributed by atoms with van der Waals surface area (Å²) in [6.07, 6.45) is 3.47. The van der Waals surface area contributed by atoms with E-state index in [1.54, 1.807) is 19.1 Å². The normalized spacial score (nSPS) is 9.88. The molecular formula is C13H17NO2. The van der Waals surface area contributed by atoms with E-state index in [0.717, 1.165) is 11.3 Å². The maximum absolute atomic E-state index is 11.8. The Balaban J connectivity index is 3.23. The zero-order valence-electron chi connectivity index (χ0n) is 9.82. The highest BCUT2D eigenvalue weighted by atomic mass is 16.5. The van der Waals surface area contributed by atoms with Gasteiger partial charge in [0.05, 0.1) is 6.61 Å². The number of rotatable bonds is 5. The molecule has 1 aromatic rings. The highest BCUT2D eigenvalue weighted by Crippen LogP contribution is 2.18. The van der Waals surface area contributed by atoms with Crippen LogP contribution in [0.3, 0.4) is 0 Å². The zero-order chi connectivity index (χ0) is 12.1. The van der Waals surface area contributed by atoms with Crippen LogP contribution in [0.15, 0.2) is 25.3 Å². The number of ether oxygens (including phenoxy) is 1. The Hall–Kier alpha value is -1.77.